The molecule has 0 spiro atoms. The van der Waals surface area contributed by atoms with Gasteiger partial charge in [-0.2, -0.15) is 5.10 Å². The summed E-state index contributed by atoms with van der Waals surface area (Å²) < 4.78 is 1.71. The molecular weight excluding hydrogens is 404 g/mol. The second kappa shape index (κ2) is 9.25. The van der Waals surface area contributed by atoms with E-state index in [0.29, 0.717) is 24.1 Å². The van der Waals surface area contributed by atoms with Gasteiger partial charge >= 0.3 is 0 Å². The standard InChI is InChI=1S/C23H28N8O/c1-15-11-16(2)26-23(25-15)29-21-12-19(27-17(3)28-21)20-7-5-6-10-31(20)22(32)9-8-18-13-24-30(4)14-18/h8-9,11-14,20H,5-7,10H2,1-4H3,(H,25,26,27,28,29)/b9-8+/t20-/m1/s1. The van der Waals surface area contributed by atoms with Gasteiger partial charge in [-0.1, -0.05) is 0 Å². The highest BCUT2D eigenvalue weighted by molar-refractivity contribution is 5.92. The maximum absolute atomic E-state index is 13.0. The van der Waals surface area contributed by atoms with E-state index in [-0.39, 0.29) is 11.9 Å². The number of rotatable bonds is 5. The van der Waals surface area contributed by atoms with E-state index in [1.807, 2.05) is 51.0 Å². The Morgan fingerprint density at radius 3 is 2.59 bits per heavy atom. The smallest absolute Gasteiger partial charge is 0.247 e. The lowest BCUT2D eigenvalue weighted by Gasteiger charge is -2.35. The molecule has 1 atom stereocenters. The van der Waals surface area contributed by atoms with Gasteiger partial charge in [-0.15, -0.1) is 0 Å². The summed E-state index contributed by atoms with van der Waals surface area (Å²) in [7, 11) is 1.85. The monoisotopic (exact) mass is 432 g/mol. The number of nitrogens with one attached hydrogen (secondary N) is 1. The molecule has 4 rings (SSSR count). The maximum Gasteiger partial charge on any atom is 0.247 e. The zero-order valence-electron chi connectivity index (χ0n) is 18.9. The van der Waals surface area contributed by atoms with Crippen molar-refractivity contribution in [1.29, 1.82) is 0 Å². The zero-order chi connectivity index (χ0) is 22.7. The maximum atomic E-state index is 13.0. The van der Waals surface area contributed by atoms with E-state index in [2.05, 4.69) is 30.4 Å². The van der Waals surface area contributed by atoms with Crippen molar-refractivity contribution in [2.75, 3.05) is 11.9 Å². The van der Waals surface area contributed by atoms with Gasteiger partial charge in [0, 0.05) is 48.9 Å². The Morgan fingerprint density at radius 1 is 1.09 bits per heavy atom. The SMILES string of the molecule is Cc1cc(C)nc(Nc2cc([C@H]3CCCCN3C(=O)/C=C/c3cnn(C)c3)nc(C)n2)n1. The molecule has 1 fully saturated rings. The lowest BCUT2D eigenvalue weighted by atomic mass is 9.98. The van der Waals surface area contributed by atoms with Crippen LogP contribution in [0.5, 0.6) is 0 Å². The highest BCUT2D eigenvalue weighted by Crippen LogP contribution is 2.31. The molecule has 32 heavy (non-hydrogen) atoms. The van der Waals surface area contributed by atoms with Gasteiger partial charge in [0.05, 0.1) is 17.9 Å². The molecule has 0 aromatic carbocycles. The van der Waals surface area contributed by atoms with Gasteiger partial charge < -0.3 is 10.2 Å². The number of aromatic nitrogens is 6. The van der Waals surface area contributed by atoms with Crippen LogP contribution < -0.4 is 5.32 Å². The lowest BCUT2D eigenvalue weighted by Crippen LogP contribution is -2.38. The number of amides is 1. The molecule has 4 heterocycles. The van der Waals surface area contributed by atoms with Crippen LogP contribution >= 0.6 is 0 Å². The molecule has 1 N–H and O–H groups in total. The fourth-order valence-electron chi connectivity index (χ4n) is 4.01. The van der Waals surface area contributed by atoms with Crippen molar-refractivity contribution >= 4 is 23.7 Å². The van der Waals surface area contributed by atoms with Crippen LogP contribution in [-0.2, 0) is 11.8 Å². The molecule has 166 valence electrons. The van der Waals surface area contributed by atoms with E-state index in [9.17, 15) is 4.79 Å². The van der Waals surface area contributed by atoms with Crippen LogP contribution in [0, 0.1) is 20.8 Å². The summed E-state index contributed by atoms with van der Waals surface area (Å²) in [6.07, 6.45) is 9.92. The summed E-state index contributed by atoms with van der Waals surface area (Å²) in [5.74, 6) is 1.74. The highest BCUT2D eigenvalue weighted by Gasteiger charge is 2.28. The van der Waals surface area contributed by atoms with E-state index >= 15 is 0 Å². The highest BCUT2D eigenvalue weighted by atomic mass is 16.2. The molecule has 0 bridgehead atoms. The Kier molecular flexibility index (Phi) is 6.25. The number of aryl methyl sites for hydroxylation is 4. The Hall–Kier alpha value is -3.62. The first-order chi connectivity index (χ1) is 15.4. The van der Waals surface area contributed by atoms with Crippen molar-refractivity contribution < 1.29 is 4.79 Å². The zero-order valence-corrected chi connectivity index (χ0v) is 18.9. The number of anilines is 2. The summed E-state index contributed by atoms with van der Waals surface area (Å²) in [4.78, 5) is 33.0. The lowest BCUT2D eigenvalue weighted by molar-refractivity contribution is -0.129. The Morgan fingerprint density at radius 2 is 1.88 bits per heavy atom. The normalized spacial score (nSPS) is 16.5. The molecule has 1 saturated heterocycles. The quantitative estimate of drug-likeness (QED) is 0.616. The number of nitrogens with zero attached hydrogens (tertiary/aromatic N) is 7. The van der Waals surface area contributed by atoms with Gasteiger partial charge in [0.2, 0.25) is 11.9 Å². The Labute approximate surface area is 187 Å². The van der Waals surface area contributed by atoms with Crippen LogP contribution in [-0.4, -0.2) is 47.1 Å². The fraction of sp³-hybridized carbons (Fsp3) is 0.391. The molecule has 9 nitrogen and oxygen atoms in total. The fourth-order valence-corrected chi connectivity index (χ4v) is 4.01. The van der Waals surface area contributed by atoms with E-state index in [1.165, 1.54) is 0 Å². The van der Waals surface area contributed by atoms with Crippen LogP contribution in [0.25, 0.3) is 6.08 Å². The molecular formula is C23H28N8O. The first-order valence-electron chi connectivity index (χ1n) is 10.8. The van der Waals surface area contributed by atoms with Crippen molar-refractivity contribution in [2.45, 2.75) is 46.1 Å². The minimum Gasteiger partial charge on any atom is -0.331 e. The van der Waals surface area contributed by atoms with Crippen LogP contribution in [0.4, 0.5) is 11.8 Å². The van der Waals surface area contributed by atoms with Crippen molar-refractivity contribution in [3.63, 3.8) is 0 Å². The van der Waals surface area contributed by atoms with Crippen molar-refractivity contribution in [3.05, 3.63) is 59.1 Å². The van der Waals surface area contributed by atoms with Crippen molar-refractivity contribution in [1.82, 2.24) is 34.6 Å². The molecule has 0 saturated carbocycles. The second-order valence-corrected chi connectivity index (χ2v) is 8.15. The number of likely N-dealkylation sites (tertiary alicyclic amines) is 1. The molecule has 3 aromatic heterocycles. The third kappa shape index (κ3) is 5.16. The molecule has 3 aromatic rings. The molecule has 1 aliphatic rings. The van der Waals surface area contributed by atoms with Gasteiger partial charge in [-0.3, -0.25) is 9.48 Å². The van der Waals surface area contributed by atoms with Gasteiger partial charge in [0.25, 0.3) is 0 Å². The minimum atomic E-state index is -0.0998. The van der Waals surface area contributed by atoms with Gasteiger partial charge in [0.15, 0.2) is 0 Å². The van der Waals surface area contributed by atoms with Crippen LogP contribution in [0.2, 0.25) is 0 Å². The third-order valence-electron chi connectivity index (χ3n) is 5.35. The van der Waals surface area contributed by atoms with E-state index in [1.54, 1.807) is 23.0 Å². The van der Waals surface area contributed by atoms with E-state index < -0.39 is 0 Å². The van der Waals surface area contributed by atoms with Gasteiger partial charge in [-0.25, -0.2) is 19.9 Å². The minimum absolute atomic E-state index is 0.0260. The third-order valence-corrected chi connectivity index (χ3v) is 5.35. The molecule has 0 aliphatic carbocycles. The second-order valence-electron chi connectivity index (χ2n) is 8.15. The number of carbonyl (C=O) groups is 1. The summed E-state index contributed by atoms with van der Waals surface area (Å²) in [6.45, 7) is 6.42. The summed E-state index contributed by atoms with van der Waals surface area (Å²) >= 11 is 0. The van der Waals surface area contributed by atoms with Crippen LogP contribution in [0.1, 0.15) is 53.8 Å². The number of hydrogen-bond acceptors (Lipinski definition) is 7. The average Bonchev–Trinajstić information content (AvgIpc) is 3.16. The largest absolute Gasteiger partial charge is 0.331 e. The number of hydrogen-bond donors (Lipinski definition) is 1. The summed E-state index contributed by atoms with van der Waals surface area (Å²) in [6, 6.07) is 3.72. The Balaban J connectivity index is 1.57. The molecule has 1 aliphatic heterocycles. The predicted octanol–water partition coefficient (Wildman–Crippen LogP) is 3.44. The first kappa shape index (κ1) is 21.6. The molecule has 1 amide bonds. The first-order valence-corrected chi connectivity index (χ1v) is 10.8. The van der Waals surface area contributed by atoms with Crippen molar-refractivity contribution in [2.24, 2.45) is 7.05 Å². The molecule has 9 heteroatoms. The van der Waals surface area contributed by atoms with E-state index in [0.717, 1.165) is 41.9 Å². The van der Waals surface area contributed by atoms with E-state index in [4.69, 9.17) is 0 Å². The number of carbonyl (C=O) groups excluding carboxylic acids is 1. The van der Waals surface area contributed by atoms with Gasteiger partial charge in [-0.05, 0) is 52.2 Å². The summed E-state index contributed by atoms with van der Waals surface area (Å²) in [5.41, 5.74) is 3.49. The Bertz CT molecular complexity index is 1130. The molecule has 0 unspecified atom stereocenters. The van der Waals surface area contributed by atoms with Gasteiger partial charge in [0.1, 0.15) is 11.6 Å². The predicted molar refractivity (Wildman–Crippen MR) is 122 cm³/mol. The van der Waals surface area contributed by atoms with Crippen molar-refractivity contribution in [3.8, 4) is 0 Å². The topological polar surface area (TPSA) is 102 Å². The van der Waals surface area contributed by atoms with Crippen LogP contribution in [0.3, 0.4) is 0 Å². The average molecular weight is 433 g/mol. The number of piperidine rings is 1. The summed E-state index contributed by atoms with van der Waals surface area (Å²) in [5, 5.41) is 7.34. The van der Waals surface area contributed by atoms with Crippen LogP contribution in [0.15, 0.2) is 30.6 Å². The molecule has 0 radical (unpaired) electrons.